The molecule has 0 saturated heterocycles. The highest BCUT2D eigenvalue weighted by molar-refractivity contribution is 5.72. The number of aliphatic hydroxyl groups is 1. The molecule has 86 valence electrons. The van der Waals surface area contributed by atoms with Crippen molar-refractivity contribution in [3.63, 3.8) is 0 Å². The molecule has 0 aliphatic heterocycles. The van der Waals surface area contributed by atoms with E-state index >= 15 is 0 Å². The lowest BCUT2D eigenvalue weighted by molar-refractivity contribution is 0.279. The quantitative estimate of drug-likeness (QED) is 0.692. The molecular weight excluding hydrogens is 210 g/mol. The van der Waals surface area contributed by atoms with Gasteiger partial charge in [-0.2, -0.15) is 5.10 Å². The molecule has 0 aliphatic carbocycles. The molecule has 2 heterocycles. The molecule has 1 N–H and O–H groups in total. The molecule has 7 heteroatoms. The highest BCUT2D eigenvalue weighted by atomic mass is 16.3. The van der Waals surface area contributed by atoms with Gasteiger partial charge in [0, 0.05) is 20.2 Å². The third-order valence-corrected chi connectivity index (χ3v) is 2.40. The number of fused-ring (bicyclic) bond motifs is 1. The SMILES string of the molecule is Cn1ncc2c(=O)n(CCCCO)nnc21. The van der Waals surface area contributed by atoms with Crippen LogP contribution in [-0.2, 0) is 13.6 Å². The number of aliphatic hydroxyl groups excluding tert-OH is 1. The van der Waals surface area contributed by atoms with Crippen molar-refractivity contribution in [2.45, 2.75) is 19.4 Å². The molecule has 2 rings (SSSR count). The van der Waals surface area contributed by atoms with Crippen LogP contribution in [0.2, 0.25) is 0 Å². The van der Waals surface area contributed by atoms with Crippen LogP contribution in [0.1, 0.15) is 12.8 Å². The number of hydrogen-bond acceptors (Lipinski definition) is 5. The summed E-state index contributed by atoms with van der Waals surface area (Å²) in [4.78, 5) is 11.9. The molecule has 0 atom stereocenters. The zero-order valence-corrected chi connectivity index (χ0v) is 9.00. The van der Waals surface area contributed by atoms with Crippen LogP contribution < -0.4 is 5.56 Å². The van der Waals surface area contributed by atoms with Crippen molar-refractivity contribution in [3.8, 4) is 0 Å². The number of unbranched alkanes of at least 4 members (excludes halogenated alkanes) is 1. The van der Waals surface area contributed by atoms with Gasteiger partial charge >= 0.3 is 0 Å². The van der Waals surface area contributed by atoms with E-state index in [-0.39, 0.29) is 12.2 Å². The minimum absolute atomic E-state index is 0.122. The van der Waals surface area contributed by atoms with Crippen LogP contribution in [-0.4, -0.2) is 36.5 Å². The van der Waals surface area contributed by atoms with E-state index in [9.17, 15) is 4.79 Å². The second kappa shape index (κ2) is 4.40. The maximum Gasteiger partial charge on any atom is 0.280 e. The van der Waals surface area contributed by atoms with E-state index in [1.165, 1.54) is 15.6 Å². The van der Waals surface area contributed by atoms with Gasteiger partial charge in [-0.15, -0.1) is 5.10 Å². The van der Waals surface area contributed by atoms with E-state index in [0.717, 1.165) is 0 Å². The summed E-state index contributed by atoms with van der Waals surface area (Å²) in [7, 11) is 1.71. The van der Waals surface area contributed by atoms with E-state index in [1.54, 1.807) is 7.05 Å². The molecule has 16 heavy (non-hydrogen) atoms. The Morgan fingerprint density at radius 1 is 1.44 bits per heavy atom. The van der Waals surface area contributed by atoms with Crippen LogP contribution in [0.15, 0.2) is 11.0 Å². The fourth-order valence-corrected chi connectivity index (χ4v) is 1.50. The molecule has 0 radical (unpaired) electrons. The fourth-order valence-electron chi connectivity index (χ4n) is 1.50. The molecule has 2 aromatic heterocycles. The molecule has 0 bridgehead atoms. The first-order valence-corrected chi connectivity index (χ1v) is 5.10. The number of rotatable bonds is 4. The zero-order chi connectivity index (χ0) is 11.5. The van der Waals surface area contributed by atoms with Gasteiger partial charge in [0.2, 0.25) is 0 Å². The van der Waals surface area contributed by atoms with Gasteiger partial charge in [0.05, 0.1) is 6.20 Å². The minimum atomic E-state index is -0.184. The van der Waals surface area contributed by atoms with Gasteiger partial charge in [0.25, 0.3) is 5.56 Å². The summed E-state index contributed by atoms with van der Waals surface area (Å²) >= 11 is 0. The van der Waals surface area contributed by atoms with Crippen LogP contribution in [0.5, 0.6) is 0 Å². The molecule has 0 saturated carbocycles. The van der Waals surface area contributed by atoms with Gasteiger partial charge < -0.3 is 5.11 Å². The Morgan fingerprint density at radius 2 is 2.25 bits per heavy atom. The van der Waals surface area contributed by atoms with Gasteiger partial charge in [0.15, 0.2) is 5.65 Å². The maximum atomic E-state index is 11.9. The lowest BCUT2D eigenvalue weighted by Crippen LogP contribution is -2.24. The molecule has 0 fully saturated rings. The number of hydrogen-bond donors (Lipinski definition) is 1. The first kappa shape index (κ1) is 10.7. The highest BCUT2D eigenvalue weighted by Crippen LogP contribution is 2.01. The zero-order valence-electron chi connectivity index (χ0n) is 9.00. The van der Waals surface area contributed by atoms with E-state index in [0.29, 0.717) is 30.4 Å². The summed E-state index contributed by atoms with van der Waals surface area (Å²) < 4.78 is 2.82. The summed E-state index contributed by atoms with van der Waals surface area (Å²) in [5, 5.41) is 20.8. The molecule has 7 nitrogen and oxygen atoms in total. The second-order valence-electron chi connectivity index (χ2n) is 3.55. The van der Waals surface area contributed by atoms with Gasteiger partial charge in [-0.3, -0.25) is 4.79 Å². The monoisotopic (exact) mass is 223 g/mol. The van der Waals surface area contributed by atoms with Gasteiger partial charge in [-0.05, 0) is 12.8 Å². The summed E-state index contributed by atoms with van der Waals surface area (Å²) in [5.41, 5.74) is 0.305. The maximum absolute atomic E-state index is 11.9. The van der Waals surface area contributed by atoms with E-state index in [1.807, 2.05) is 0 Å². The van der Waals surface area contributed by atoms with Crippen molar-refractivity contribution in [1.29, 1.82) is 0 Å². The third-order valence-electron chi connectivity index (χ3n) is 2.40. The van der Waals surface area contributed by atoms with Gasteiger partial charge in [0.1, 0.15) is 5.39 Å². The third kappa shape index (κ3) is 1.81. The number of nitrogens with zero attached hydrogens (tertiary/aromatic N) is 5. The van der Waals surface area contributed by atoms with Crippen LogP contribution in [0, 0.1) is 0 Å². The second-order valence-corrected chi connectivity index (χ2v) is 3.55. The Hall–Kier alpha value is -1.76. The fraction of sp³-hybridized carbons (Fsp3) is 0.556. The Kier molecular flexibility index (Phi) is 2.95. The average molecular weight is 223 g/mol. The Morgan fingerprint density at radius 3 is 3.00 bits per heavy atom. The Balaban J connectivity index is 2.34. The van der Waals surface area contributed by atoms with Crippen molar-refractivity contribution in [2.75, 3.05) is 6.61 Å². The highest BCUT2D eigenvalue weighted by Gasteiger charge is 2.08. The van der Waals surface area contributed by atoms with Crippen molar-refractivity contribution >= 4 is 11.0 Å². The Bertz CT molecular complexity index is 544. The van der Waals surface area contributed by atoms with Gasteiger partial charge in [-0.25, -0.2) is 9.36 Å². The van der Waals surface area contributed by atoms with Crippen molar-refractivity contribution < 1.29 is 5.11 Å². The van der Waals surface area contributed by atoms with Crippen LogP contribution in [0.4, 0.5) is 0 Å². The summed E-state index contributed by atoms with van der Waals surface area (Å²) in [5.74, 6) is 0. The molecule has 0 amide bonds. The normalized spacial score (nSPS) is 11.1. The Labute approximate surface area is 91.3 Å². The summed E-state index contributed by atoms with van der Waals surface area (Å²) in [6.45, 7) is 0.592. The molecular formula is C9H13N5O2. The van der Waals surface area contributed by atoms with Crippen LogP contribution in [0.3, 0.4) is 0 Å². The lowest BCUT2D eigenvalue weighted by atomic mass is 10.3. The molecule has 0 unspecified atom stereocenters. The average Bonchev–Trinajstić information content (AvgIpc) is 2.65. The summed E-state index contributed by atoms with van der Waals surface area (Å²) in [6, 6.07) is 0. The number of aryl methyl sites for hydroxylation is 2. The van der Waals surface area contributed by atoms with Crippen molar-refractivity contribution in [3.05, 3.63) is 16.6 Å². The molecule has 0 aromatic carbocycles. The van der Waals surface area contributed by atoms with Gasteiger partial charge in [-0.1, -0.05) is 5.21 Å². The van der Waals surface area contributed by atoms with Crippen molar-refractivity contribution in [2.24, 2.45) is 7.05 Å². The first-order chi connectivity index (χ1) is 7.74. The molecule has 0 spiro atoms. The predicted octanol–water partition coefficient (Wildman–Crippen LogP) is -0.703. The van der Waals surface area contributed by atoms with E-state index in [2.05, 4.69) is 15.4 Å². The van der Waals surface area contributed by atoms with Crippen molar-refractivity contribution in [1.82, 2.24) is 24.8 Å². The first-order valence-electron chi connectivity index (χ1n) is 5.10. The lowest BCUT2D eigenvalue weighted by Gasteiger charge is -2.01. The molecule has 2 aromatic rings. The van der Waals surface area contributed by atoms with E-state index < -0.39 is 0 Å². The predicted molar refractivity (Wildman–Crippen MR) is 56.9 cm³/mol. The smallest absolute Gasteiger partial charge is 0.280 e. The molecule has 0 aliphatic rings. The standard InChI is InChI=1S/C9H13N5O2/c1-13-8-7(6-10-13)9(16)14(12-11-8)4-2-3-5-15/h6,15H,2-5H2,1H3. The number of aromatic nitrogens is 5. The largest absolute Gasteiger partial charge is 0.396 e. The summed E-state index contributed by atoms with van der Waals surface area (Å²) in [6.07, 6.45) is 2.85. The van der Waals surface area contributed by atoms with Crippen LogP contribution in [0.25, 0.3) is 11.0 Å². The van der Waals surface area contributed by atoms with E-state index in [4.69, 9.17) is 5.11 Å². The minimum Gasteiger partial charge on any atom is -0.396 e. The van der Waals surface area contributed by atoms with Crippen LogP contribution >= 0.6 is 0 Å². The topological polar surface area (TPSA) is 85.8 Å².